The van der Waals surface area contributed by atoms with Crippen LogP contribution in [-0.4, -0.2) is 26.0 Å². The minimum atomic E-state index is -1.08. The van der Waals surface area contributed by atoms with E-state index in [4.69, 9.17) is 5.11 Å². The number of hydrogen-bond acceptors (Lipinski definition) is 5. The summed E-state index contributed by atoms with van der Waals surface area (Å²) < 4.78 is 0. The Morgan fingerprint density at radius 3 is 2.90 bits per heavy atom. The van der Waals surface area contributed by atoms with Gasteiger partial charge in [-0.2, -0.15) is 0 Å². The van der Waals surface area contributed by atoms with Crippen molar-refractivity contribution in [2.24, 2.45) is 0 Å². The molecule has 0 amide bonds. The molecule has 0 aliphatic heterocycles. The molecule has 1 aliphatic rings. The quantitative estimate of drug-likeness (QED) is 0.834. The first-order valence-corrected chi connectivity index (χ1v) is 6.92. The molecule has 6 nitrogen and oxygen atoms in total. The molecule has 2 aromatic rings. The maximum absolute atomic E-state index is 11.6. The van der Waals surface area contributed by atoms with Crippen LogP contribution in [0.25, 0.3) is 0 Å². The number of carbonyl (C=O) groups is 1. The Kier molecular flexibility index (Phi) is 3.27. The molecule has 1 fully saturated rings. The van der Waals surface area contributed by atoms with Gasteiger partial charge in [-0.25, -0.2) is 14.8 Å². The minimum absolute atomic E-state index is 0.0257. The standard InChI is InChI=1S/C13H11N3O3S/c17-10-6-11(16-12(15-10)7-1-2-7)20-8-3-4-14-9(5-8)13(18)19/h3-7H,1-2H2,(H,18,19)(H,15,16,17). The highest BCUT2D eigenvalue weighted by Gasteiger charge is 2.26. The van der Waals surface area contributed by atoms with Crippen LogP contribution in [0.5, 0.6) is 0 Å². The molecule has 2 N–H and O–H groups in total. The van der Waals surface area contributed by atoms with Crippen LogP contribution in [-0.2, 0) is 0 Å². The van der Waals surface area contributed by atoms with Crippen molar-refractivity contribution in [2.75, 3.05) is 0 Å². The molecule has 7 heteroatoms. The van der Waals surface area contributed by atoms with Gasteiger partial charge >= 0.3 is 5.97 Å². The molecule has 0 spiro atoms. The maximum atomic E-state index is 11.6. The number of aromatic nitrogens is 3. The molecule has 0 aromatic carbocycles. The van der Waals surface area contributed by atoms with Crippen molar-refractivity contribution in [3.8, 4) is 0 Å². The lowest BCUT2D eigenvalue weighted by atomic mass is 10.3. The predicted molar refractivity (Wildman–Crippen MR) is 72.2 cm³/mol. The third-order valence-corrected chi connectivity index (χ3v) is 3.78. The number of hydrogen-bond donors (Lipinski definition) is 2. The Labute approximate surface area is 118 Å². The first-order valence-electron chi connectivity index (χ1n) is 6.10. The van der Waals surface area contributed by atoms with Crippen LogP contribution in [0.15, 0.2) is 39.1 Å². The molecular weight excluding hydrogens is 278 g/mol. The number of aromatic carboxylic acids is 1. The van der Waals surface area contributed by atoms with Gasteiger partial charge in [0.1, 0.15) is 16.5 Å². The summed E-state index contributed by atoms with van der Waals surface area (Å²) in [5.74, 6) is -0.00669. The molecule has 2 aromatic heterocycles. The summed E-state index contributed by atoms with van der Waals surface area (Å²) in [4.78, 5) is 34.1. The van der Waals surface area contributed by atoms with Crippen LogP contribution in [0.4, 0.5) is 0 Å². The molecular formula is C13H11N3O3S. The second kappa shape index (κ2) is 5.09. The number of carboxylic acid groups (broad SMARTS) is 1. The van der Waals surface area contributed by atoms with Crippen molar-refractivity contribution >= 4 is 17.7 Å². The fourth-order valence-electron chi connectivity index (χ4n) is 1.77. The second-order valence-electron chi connectivity index (χ2n) is 4.53. The fraction of sp³-hybridized carbons (Fsp3) is 0.231. The van der Waals surface area contributed by atoms with Gasteiger partial charge in [0.05, 0.1) is 0 Å². The van der Waals surface area contributed by atoms with Crippen molar-refractivity contribution in [3.63, 3.8) is 0 Å². The number of H-pyrrole nitrogens is 1. The summed E-state index contributed by atoms with van der Waals surface area (Å²) in [7, 11) is 0. The van der Waals surface area contributed by atoms with Gasteiger partial charge in [0.15, 0.2) is 0 Å². The van der Waals surface area contributed by atoms with E-state index >= 15 is 0 Å². The van der Waals surface area contributed by atoms with Gasteiger partial charge in [-0.3, -0.25) is 4.79 Å². The number of pyridine rings is 1. The van der Waals surface area contributed by atoms with Crippen molar-refractivity contribution < 1.29 is 9.90 Å². The fourth-order valence-corrected chi connectivity index (χ4v) is 2.62. The summed E-state index contributed by atoms with van der Waals surface area (Å²) in [5.41, 5.74) is -0.209. The lowest BCUT2D eigenvalue weighted by Gasteiger charge is -2.03. The maximum Gasteiger partial charge on any atom is 0.354 e. The third-order valence-electron chi connectivity index (χ3n) is 2.87. The molecule has 2 heterocycles. The van der Waals surface area contributed by atoms with Crippen LogP contribution in [0.3, 0.4) is 0 Å². The summed E-state index contributed by atoms with van der Waals surface area (Å²) in [6.45, 7) is 0. The average Bonchev–Trinajstić information content (AvgIpc) is 3.22. The Balaban J connectivity index is 1.89. The van der Waals surface area contributed by atoms with E-state index in [2.05, 4.69) is 15.0 Å². The molecule has 1 aliphatic carbocycles. The molecule has 102 valence electrons. The Morgan fingerprint density at radius 1 is 1.40 bits per heavy atom. The summed E-state index contributed by atoms with van der Waals surface area (Å²) in [5, 5.41) is 9.47. The van der Waals surface area contributed by atoms with Gasteiger partial charge < -0.3 is 10.1 Å². The van der Waals surface area contributed by atoms with Gasteiger partial charge in [0, 0.05) is 23.1 Å². The normalized spacial score (nSPS) is 14.2. The van der Waals surface area contributed by atoms with Crippen molar-refractivity contribution in [1.29, 1.82) is 0 Å². The van der Waals surface area contributed by atoms with Gasteiger partial charge in [-0.15, -0.1) is 0 Å². The van der Waals surface area contributed by atoms with Crippen molar-refractivity contribution in [1.82, 2.24) is 15.0 Å². The van der Waals surface area contributed by atoms with E-state index in [1.807, 2.05) is 0 Å². The van der Waals surface area contributed by atoms with E-state index in [9.17, 15) is 9.59 Å². The zero-order chi connectivity index (χ0) is 14.1. The minimum Gasteiger partial charge on any atom is -0.477 e. The second-order valence-corrected chi connectivity index (χ2v) is 5.62. The molecule has 20 heavy (non-hydrogen) atoms. The number of rotatable bonds is 4. The zero-order valence-electron chi connectivity index (χ0n) is 10.4. The van der Waals surface area contributed by atoms with Crippen LogP contribution >= 0.6 is 11.8 Å². The predicted octanol–water partition coefficient (Wildman–Crippen LogP) is 1.89. The summed E-state index contributed by atoms with van der Waals surface area (Å²) in [6, 6.07) is 4.57. The Bertz CT molecular complexity index is 725. The van der Waals surface area contributed by atoms with Crippen LogP contribution in [0.2, 0.25) is 0 Å². The first kappa shape index (κ1) is 12.9. The molecule has 0 atom stereocenters. The van der Waals surface area contributed by atoms with Crippen LogP contribution < -0.4 is 5.56 Å². The average molecular weight is 289 g/mol. The van der Waals surface area contributed by atoms with Crippen molar-refractivity contribution in [2.45, 2.75) is 28.7 Å². The molecule has 1 saturated carbocycles. The SMILES string of the molecule is O=C(O)c1cc(Sc2cc(=O)[nH]c(C3CC3)n2)ccn1. The monoisotopic (exact) mass is 289 g/mol. The smallest absolute Gasteiger partial charge is 0.354 e. The lowest BCUT2D eigenvalue weighted by molar-refractivity contribution is 0.0690. The van der Waals surface area contributed by atoms with E-state index in [1.54, 1.807) is 6.07 Å². The van der Waals surface area contributed by atoms with E-state index < -0.39 is 5.97 Å². The van der Waals surface area contributed by atoms with E-state index in [1.165, 1.54) is 30.1 Å². The van der Waals surface area contributed by atoms with Gasteiger partial charge in [0.2, 0.25) is 0 Å². The molecule has 0 radical (unpaired) electrons. The summed E-state index contributed by atoms with van der Waals surface area (Å²) >= 11 is 1.26. The van der Waals surface area contributed by atoms with Gasteiger partial charge in [0.25, 0.3) is 5.56 Å². The zero-order valence-corrected chi connectivity index (χ0v) is 11.2. The Hall–Kier alpha value is -2.15. The highest BCUT2D eigenvalue weighted by atomic mass is 32.2. The van der Waals surface area contributed by atoms with E-state index in [0.29, 0.717) is 21.7 Å². The van der Waals surface area contributed by atoms with Crippen LogP contribution in [0.1, 0.15) is 35.1 Å². The van der Waals surface area contributed by atoms with Crippen molar-refractivity contribution in [3.05, 3.63) is 46.3 Å². The topological polar surface area (TPSA) is 95.9 Å². The molecule has 0 unspecified atom stereocenters. The highest BCUT2D eigenvalue weighted by molar-refractivity contribution is 7.99. The van der Waals surface area contributed by atoms with E-state index in [-0.39, 0.29) is 11.3 Å². The number of carboxylic acids is 1. The summed E-state index contributed by atoms with van der Waals surface area (Å²) in [6.07, 6.45) is 3.53. The third kappa shape index (κ3) is 2.88. The number of nitrogens with one attached hydrogen (secondary N) is 1. The molecule has 0 saturated heterocycles. The van der Waals surface area contributed by atoms with Gasteiger partial charge in [-0.1, -0.05) is 11.8 Å². The van der Waals surface area contributed by atoms with Gasteiger partial charge in [-0.05, 0) is 25.0 Å². The van der Waals surface area contributed by atoms with Crippen LogP contribution in [0, 0.1) is 0 Å². The Morgan fingerprint density at radius 2 is 2.20 bits per heavy atom. The lowest BCUT2D eigenvalue weighted by Crippen LogP contribution is -2.10. The molecule has 0 bridgehead atoms. The number of aromatic amines is 1. The molecule has 3 rings (SSSR count). The van der Waals surface area contributed by atoms with E-state index in [0.717, 1.165) is 12.8 Å². The largest absolute Gasteiger partial charge is 0.477 e. The first-order chi connectivity index (χ1) is 9.61. The number of nitrogens with zero attached hydrogens (tertiary/aromatic N) is 2. The highest BCUT2D eigenvalue weighted by Crippen LogP contribution is 2.38.